The lowest BCUT2D eigenvalue weighted by atomic mass is 10.1. The van der Waals surface area contributed by atoms with E-state index in [4.69, 9.17) is 4.74 Å². The molecule has 84 valence electrons. The largest absolute Gasteiger partial charge is 0.504 e. The minimum absolute atomic E-state index is 0.232. The van der Waals surface area contributed by atoms with Crippen molar-refractivity contribution >= 4 is 0 Å². The van der Waals surface area contributed by atoms with Crippen LogP contribution in [0.3, 0.4) is 0 Å². The van der Waals surface area contributed by atoms with Crippen molar-refractivity contribution in [1.29, 1.82) is 0 Å². The first-order valence-electron chi connectivity index (χ1n) is 5.72. The summed E-state index contributed by atoms with van der Waals surface area (Å²) in [5.74, 6) is 0.836. The summed E-state index contributed by atoms with van der Waals surface area (Å²) in [6.07, 6.45) is 4.75. The van der Waals surface area contributed by atoms with Crippen LogP contribution in [0, 0.1) is 0 Å². The summed E-state index contributed by atoms with van der Waals surface area (Å²) in [6, 6.07) is 5.62. The monoisotopic (exact) mass is 208 g/mol. The quantitative estimate of drug-likeness (QED) is 0.725. The van der Waals surface area contributed by atoms with Crippen LogP contribution in [-0.4, -0.2) is 11.7 Å². The maximum absolute atomic E-state index is 9.51. The number of rotatable bonds is 6. The smallest absolute Gasteiger partial charge is 0.161 e. The first kappa shape index (κ1) is 11.9. The highest BCUT2D eigenvalue weighted by Gasteiger charge is 2.02. The van der Waals surface area contributed by atoms with Crippen LogP contribution in [0.2, 0.25) is 0 Å². The van der Waals surface area contributed by atoms with Gasteiger partial charge in [0, 0.05) is 0 Å². The minimum atomic E-state index is 0.232. The van der Waals surface area contributed by atoms with Crippen LogP contribution in [-0.2, 0) is 6.42 Å². The van der Waals surface area contributed by atoms with Crippen molar-refractivity contribution in [2.45, 2.75) is 39.5 Å². The molecule has 1 aromatic carbocycles. The van der Waals surface area contributed by atoms with Gasteiger partial charge in [-0.05, 0) is 37.5 Å². The van der Waals surface area contributed by atoms with E-state index in [1.165, 1.54) is 24.8 Å². The number of phenols is 1. The third-order valence-electron chi connectivity index (χ3n) is 2.39. The Hall–Kier alpha value is -1.18. The lowest BCUT2D eigenvalue weighted by molar-refractivity contribution is 0.317. The van der Waals surface area contributed by atoms with E-state index in [0.29, 0.717) is 12.4 Å². The fourth-order valence-corrected chi connectivity index (χ4v) is 1.56. The molecule has 0 aliphatic heterocycles. The van der Waals surface area contributed by atoms with Crippen LogP contribution in [0.1, 0.15) is 38.7 Å². The van der Waals surface area contributed by atoms with Gasteiger partial charge >= 0.3 is 0 Å². The van der Waals surface area contributed by atoms with Gasteiger partial charge in [-0.2, -0.15) is 0 Å². The molecule has 0 radical (unpaired) electrons. The first-order chi connectivity index (χ1) is 7.27. The van der Waals surface area contributed by atoms with Crippen molar-refractivity contribution in [3.63, 3.8) is 0 Å². The minimum Gasteiger partial charge on any atom is -0.504 e. The summed E-state index contributed by atoms with van der Waals surface area (Å²) in [5, 5.41) is 9.51. The molecule has 0 bridgehead atoms. The van der Waals surface area contributed by atoms with Gasteiger partial charge in [-0.25, -0.2) is 0 Å². The highest BCUT2D eigenvalue weighted by Crippen LogP contribution is 2.27. The lowest BCUT2D eigenvalue weighted by Crippen LogP contribution is -1.93. The van der Waals surface area contributed by atoms with Gasteiger partial charge in [0.15, 0.2) is 11.5 Å². The Morgan fingerprint density at radius 1 is 1.20 bits per heavy atom. The van der Waals surface area contributed by atoms with E-state index in [9.17, 15) is 5.11 Å². The Morgan fingerprint density at radius 3 is 2.67 bits per heavy atom. The molecule has 1 N–H and O–H groups in total. The molecule has 2 heteroatoms. The lowest BCUT2D eigenvalue weighted by Gasteiger charge is -2.08. The molecule has 0 aromatic heterocycles. The van der Waals surface area contributed by atoms with E-state index in [1.807, 2.05) is 19.1 Å². The first-order valence-corrected chi connectivity index (χ1v) is 5.72. The maximum atomic E-state index is 9.51. The van der Waals surface area contributed by atoms with E-state index in [2.05, 4.69) is 6.92 Å². The van der Waals surface area contributed by atoms with Gasteiger partial charge in [0.2, 0.25) is 0 Å². The molecule has 0 amide bonds. The summed E-state index contributed by atoms with van der Waals surface area (Å²) in [4.78, 5) is 0. The van der Waals surface area contributed by atoms with Crippen molar-refractivity contribution in [1.82, 2.24) is 0 Å². The molecule has 0 fully saturated rings. The van der Waals surface area contributed by atoms with E-state index in [1.54, 1.807) is 6.07 Å². The third kappa shape index (κ3) is 3.82. The zero-order valence-corrected chi connectivity index (χ0v) is 9.62. The third-order valence-corrected chi connectivity index (χ3v) is 2.39. The SMILES string of the molecule is CCCCCc1ccc(O)c(OCC)c1. The highest BCUT2D eigenvalue weighted by molar-refractivity contribution is 5.41. The second kappa shape index (κ2) is 6.33. The van der Waals surface area contributed by atoms with Crippen molar-refractivity contribution in [2.24, 2.45) is 0 Å². The van der Waals surface area contributed by atoms with Gasteiger partial charge in [0.25, 0.3) is 0 Å². The maximum Gasteiger partial charge on any atom is 0.161 e. The van der Waals surface area contributed by atoms with Crippen molar-refractivity contribution < 1.29 is 9.84 Å². The van der Waals surface area contributed by atoms with Crippen molar-refractivity contribution in [3.05, 3.63) is 23.8 Å². The molecule has 2 nitrogen and oxygen atoms in total. The molecule has 15 heavy (non-hydrogen) atoms. The molecular weight excluding hydrogens is 188 g/mol. The fraction of sp³-hybridized carbons (Fsp3) is 0.538. The normalized spacial score (nSPS) is 10.3. The standard InChI is InChI=1S/C13H20O2/c1-3-5-6-7-11-8-9-12(14)13(10-11)15-4-2/h8-10,14H,3-7H2,1-2H3. The van der Waals surface area contributed by atoms with Crippen molar-refractivity contribution in [2.75, 3.05) is 6.61 Å². The summed E-state index contributed by atoms with van der Waals surface area (Å²) >= 11 is 0. The van der Waals surface area contributed by atoms with Crippen LogP contribution in [0.4, 0.5) is 0 Å². The summed E-state index contributed by atoms with van der Waals surface area (Å²) < 4.78 is 5.33. The zero-order chi connectivity index (χ0) is 11.1. The van der Waals surface area contributed by atoms with E-state index >= 15 is 0 Å². The number of hydrogen-bond donors (Lipinski definition) is 1. The Balaban J connectivity index is 2.61. The average molecular weight is 208 g/mol. The van der Waals surface area contributed by atoms with Gasteiger partial charge in [0.1, 0.15) is 0 Å². The number of phenolic OH excluding ortho intramolecular Hbond substituents is 1. The number of unbranched alkanes of at least 4 members (excludes halogenated alkanes) is 2. The van der Waals surface area contributed by atoms with Crippen LogP contribution in [0.5, 0.6) is 11.5 Å². The second-order valence-electron chi connectivity index (χ2n) is 3.69. The predicted molar refractivity (Wildman–Crippen MR) is 62.5 cm³/mol. The van der Waals surface area contributed by atoms with Crippen molar-refractivity contribution in [3.8, 4) is 11.5 Å². The molecular formula is C13H20O2. The summed E-state index contributed by atoms with van der Waals surface area (Å²) in [6.45, 7) is 4.71. The molecule has 0 atom stereocenters. The van der Waals surface area contributed by atoms with Gasteiger partial charge in [-0.15, -0.1) is 0 Å². The number of aromatic hydroxyl groups is 1. The van der Waals surface area contributed by atoms with Gasteiger partial charge in [0.05, 0.1) is 6.61 Å². The molecule has 1 aromatic rings. The number of aryl methyl sites for hydroxylation is 1. The Labute approximate surface area is 91.9 Å². The Kier molecular flexibility index (Phi) is 5.02. The number of hydrogen-bond acceptors (Lipinski definition) is 2. The predicted octanol–water partition coefficient (Wildman–Crippen LogP) is 3.52. The molecule has 0 heterocycles. The molecule has 0 saturated heterocycles. The van der Waals surface area contributed by atoms with Gasteiger partial charge in [-0.3, -0.25) is 0 Å². The van der Waals surface area contributed by atoms with E-state index in [0.717, 1.165) is 6.42 Å². The van der Waals surface area contributed by atoms with Crippen LogP contribution in [0.25, 0.3) is 0 Å². The fourth-order valence-electron chi connectivity index (χ4n) is 1.56. The Bertz CT molecular complexity index is 295. The molecule has 0 unspecified atom stereocenters. The topological polar surface area (TPSA) is 29.5 Å². The second-order valence-corrected chi connectivity index (χ2v) is 3.69. The molecule has 0 saturated carbocycles. The van der Waals surface area contributed by atoms with Crippen LogP contribution in [0.15, 0.2) is 18.2 Å². The molecule has 1 rings (SSSR count). The summed E-state index contributed by atoms with van der Waals surface area (Å²) in [5.41, 5.74) is 1.24. The number of benzene rings is 1. The van der Waals surface area contributed by atoms with Crippen LogP contribution >= 0.6 is 0 Å². The average Bonchev–Trinajstić information content (AvgIpc) is 2.23. The van der Waals surface area contributed by atoms with Crippen LogP contribution < -0.4 is 4.74 Å². The van der Waals surface area contributed by atoms with Gasteiger partial charge in [-0.1, -0.05) is 25.8 Å². The molecule has 0 spiro atoms. The highest BCUT2D eigenvalue weighted by atomic mass is 16.5. The van der Waals surface area contributed by atoms with E-state index < -0.39 is 0 Å². The number of ether oxygens (including phenoxy) is 1. The summed E-state index contributed by atoms with van der Waals surface area (Å²) in [7, 11) is 0. The molecule has 0 aliphatic rings. The molecule has 0 aliphatic carbocycles. The Morgan fingerprint density at radius 2 is 2.00 bits per heavy atom. The van der Waals surface area contributed by atoms with Gasteiger partial charge < -0.3 is 9.84 Å². The zero-order valence-electron chi connectivity index (χ0n) is 9.62. The van der Waals surface area contributed by atoms with E-state index in [-0.39, 0.29) is 5.75 Å².